The predicted octanol–water partition coefficient (Wildman–Crippen LogP) is 3.12. The molecule has 0 bridgehead atoms. The zero-order chi connectivity index (χ0) is 20.3. The first kappa shape index (κ1) is 20.2. The van der Waals surface area contributed by atoms with Crippen molar-refractivity contribution >= 4 is 15.8 Å². The molecule has 0 saturated carbocycles. The minimum atomic E-state index is -3.57. The Morgan fingerprint density at radius 2 is 1.75 bits per heavy atom. The van der Waals surface area contributed by atoms with Crippen LogP contribution in [-0.2, 0) is 19.4 Å². The number of sulfone groups is 1. The second-order valence-corrected chi connectivity index (χ2v) is 8.56. The van der Waals surface area contributed by atoms with Crippen molar-refractivity contribution < 1.29 is 36.6 Å². The number of hydrogen-bond acceptors (Lipinski definition) is 5. The van der Waals surface area contributed by atoms with Gasteiger partial charge in [-0.05, 0) is 37.1 Å². The summed E-state index contributed by atoms with van der Waals surface area (Å²) in [7, 11) is -3.57. The maximum Gasteiger partial charge on any atom is 0.349 e. The molecule has 1 aliphatic rings. The third kappa shape index (κ3) is 4.31. The Hall–Kier alpha value is -2.52. The van der Waals surface area contributed by atoms with Gasteiger partial charge in [0.1, 0.15) is 5.82 Å². The van der Waals surface area contributed by atoms with Crippen molar-refractivity contribution in [2.24, 2.45) is 0 Å². The van der Waals surface area contributed by atoms with E-state index in [0.717, 1.165) is 12.1 Å². The van der Waals surface area contributed by atoms with E-state index in [1.54, 1.807) is 0 Å². The average Bonchev–Trinajstić information content (AvgIpc) is 2.68. The molecule has 1 saturated heterocycles. The topological polar surface area (TPSA) is 89.9 Å². The number of halogens is 2. The molecule has 1 fully saturated rings. The molecular weight excluding hydrogens is 394 g/mol. The molecule has 0 aliphatic carbocycles. The van der Waals surface area contributed by atoms with Gasteiger partial charge in [-0.3, -0.25) is 0 Å². The summed E-state index contributed by atoms with van der Waals surface area (Å²) >= 11 is 0. The van der Waals surface area contributed by atoms with E-state index in [0.29, 0.717) is 32.1 Å². The number of carboxylic acid groups (broad SMARTS) is 1. The normalized spacial score (nSPS) is 16.5. The second kappa shape index (κ2) is 8.24. The standard InChI is InChI=1S/C19H18F2O6S/c20-13-3-6-17(16(21)11-13)27-18(19(22)23)12-1-4-14(5-2-12)28(24,25)15-7-9-26-10-8-15/h1-6,11,15,18H,7-10H2,(H,22,23). The van der Waals surface area contributed by atoms with Crippen LogP contribution >= 0.6 is 0 Å². The lowest BCUT2D eigenvalue weighted by Gasteiger charge is -2.22. The van der Waals surface area contributed by atoms with E-state index >= 15 is 0 Å². The lowest BCUT2D eigenvalue weighted by molar-refractivity contribution is -0.145. The third-order valence-electron chi connectivity index (χ3n) is 4.48. The maximum absolute atomic E-state index is 13.8. The molecule has 0 spiro atoms. The monoisotopic (exact) mass is 412 g/mol. The maximum atomic E-state index is 13.8. The molecule has 1 N–H and O–H groups in total. The van der Waals surface area contributed by atoms with Crippen LogP contribution in [0.15, 0.2) is 47.4 Å². The van der Waals surface area contributed by atoms with Gasteiger partial charge >= 0.3 is 5.97 Å². The van der Waals surface area contributed by atoms with Gasteiger partial charge in [-0.2, -0.15) is 0 Å². The van der Waals surface area contributed by atoms with Crippen molar-refractivity contribution in [3.05, 3.63) is 59.7 Å². The van der Waals surface area contributed by atoms with Crippen molar-refractivity contribution in [1.82, 2.24) is 0 Å². The zero-order valence-corrected chi connectivity index (χ0v) is 15.5. The first-order valence-electron chi connectivity index (χ1n) is 8.55. The average molecular weight is 412 g/mol. The van der Waals surface area contributed by atoms with Crippen molar-refractivity contribution in [1.29, 1.82) is 0 Å². The van der Waals surface area contributed by atoms with E-state index in [4.69, 9.17) is 9.47 Å². The molecular formula is C19H18F2O6S. The van der Waals surface area contributed by atoms with E-state index in [1.165, 1.54) is 24.3 Å². The summed E-state index contributed by atoms with van der Waals surface area (Å²) in [6.07, 6.45) is -0.788. The molecule has 28 heavy (non-hydrogen) atoms. The van der Waals surface area contributed by atoms with Crippen LogP contribution in [0.1, 0.15) is 24.5 Å². The SMILES string of the molecule is O=C(O)C(Oc1ccc(F)cc1F)c1ccc(S(=O)(=O)C2CCOCC2)cc1. The molecule has 150 valence electrons. The smallest absolute Gasteiger partial charge is 0.349 e. The molecule has 2 aromatic rings. The highest BCUT2D eigenvalue weighted by Crippen LogP contribution is 2.28. The van der Waals surface area contributed by atoms with E-state index in [1.807, 2.05) is 0 Å². The molecule has 0 radical (unpaired) electrons. The van der Waals surface area contributed by atoms with Crippen molar-refractivity contribution in [3.63, 3.8) is 0 Å². The van der Waals surface area contributed by atoms with Crippen LogP contribution in [0.3, 0.4) is 0 Å². The van der Waals surface area contributed by atoms with Crippen LogP contribution in [0.2, 0.25) is 0 Å². The summed E-state index contributed by atoms with van der Waals surface area (Å²) in [6, 6.07) is 7.75. The van der Waals surface area contributed by atoms with E-state index in [2.05, 4.69) is 0 Å². The molecule has 2 aromatic carbocycles. The number of carbonyl (C=O) groups is 1. The van der Waals surface area contributed by atoms with E-state index in [-0.39, 0.29) is 10.5 Å². The molecule has 1 aliphatic heterocycles. The van der Waals surface area contributed by atoms with Gasteiger partial charge < -0.3 is 14.6 Å². The second-order valence-electron chi connectivity index (χ2n) is 6.34. The number of carboxylic acids is 1. The van der Waals surface area contributed by atoms with E-state index in [9.17, 15) is 27.1 Å². The third-order valence-corrected chi connectivity index (χ3v) is 6.76. The molecule has 1 unspecified atom stereocenters. The zero-order valence-electron chi connectivity index (χ0n) is 14.7. The Morgan fingerprint density at radius 3 is 2.32 bits per heavy atom. The largest absolute Gasteiger partial charge is 0.478 e. The fourth-order valence-corrected chi connectivity index (χ4v) is 4.68. The molecule has 3 rings (SSSR count). The highest BCUT2D eigenvalue weighted by molar-refractivity contribution is 7.92. The van der Waals surface area contributed by atoms with Crippen molar-refractivity contribution in [2.45, 2.75) is 29.1 Å². The van der Waals surface area contributed by atoms with Gasteiger partial charge in [-0.15, -0.1) is 0 Å². The summed E-state index contributed by atoms with van der Waals surface area (Å²) in [5.41, 5.74) is 0.127. The van der Waals surface area contributed by atoms with Gasteiger partial charge in [0.15, 0.2) is 21.4 Å². The fourth-order valence-electron chi connectivity index (χ4n) is 2.97. The van der Waals surface area contributed by atoms with Gasteiger partial charge in [0, 0.05) is 24.8 Å². The minimum absolute atomic E-state index is 0.0697. The highest BCUT2D eigenvalue weighted by atomic mass is 32.2. The van der Waals surface area contributed by atoms with E-state index < -0.39 is 44.5 Å². The number of benzene rings is 2. The van der Waals surface area contributed by atoms with Crippen LogP contribution in [0.4, 0.5) is 8.78 Å². The molecule has 9 heteroatoms. The van der Waals surface area contributed by atoms with Crippen LogP contribution in [0, 0.1) is 11.6 Å². The van der Waals surface area contributed by atoms with Crippen LogP contribution < -0.4 is 4.74 Å². The summed E-state index contributed by atoms with van der Waals surface area (Å²) in [6.45, 7) is 0.750. The minimum Gasteiger partial charge on any atom is -0.478 e. The van der Waals surface area contributed by atoms with Gasteiger partial charge in [-0.1, -0.05) is 12.1 Å². The first-order chi connectivity index (χ1) is 13.3. The molecule has 1 atom stereocenters. The van der Waals surface area contributed by atoms with Gasteiger partial charge in [0.05, 0.1) is 10.1 Å². The summed E-state index contributed by atoms with van der Waals surface area (Å²) < 4.78 is 62.5. The summed E-state index contributed by atoms with van der Waals surface area (Å²) in [5.74, 6) is -3.68. The quantitative estimate of drug-likeness (QED) is 0.784. The number of rotatable bonds is 6. The summed E-state index contributed by atoms with van der Waals surface area (Å²) in [4.78, 5) is 11.6. The molecule has 0 aromatic heterocycles. The van der Waals surface area contributed by atoms with Gasteiger partial charge in [0.25, 0.3) is 0 Å². The fraction of sp³-hybridized carbons (Fsp3) is 0.316. The van der Waals surface area contributed by atoms with Gasteiger partial charge in [-0.25, -0.2) is 22.0 Å². The molecule has 6 nitrogen and oxygen atoms in total. The Balaban J connectivity index is 1.84. The lowest BCUT2D eigenvalue weighted by Crippen LogP contribution is -2.29. The predicted molar refractivity (Wildman–Crippen MR) is 94.8 cm³/mol. The lowest BCUT2D eigenvalue weighted by atomic mass is 10.1. The van der Waals surface area contributed by atoms with Crippen molar-refractivity contribution in [3.8, 4) is 5.75 Å². The molecule has 1 heterocycles. The van der Waals surface area contributed by atoms with Gasteiger partial charge in [0.2, 0.25) is 6.10 Å². The Kier molecular flexibility index (Phi) is 5.95. The first-order valence-corrected chi connectivity index (χ1v) is 10.1. The van der Waals surface area contributed by atoms with Crippen molar-refractivity contribution in [2.75, 3.05) is 13.2 Å². The molecule has 0 amide bonds. The van der Waals surface area contributed by atoms with Crippen LogP contribution in [-0.4, -0.2) is 38.0 Å². The highest BCUT2D eigenvalue weighted by Gasteiger charge is 2.30. The Labute approximate surface area is 160 Å². The Bertz CT molecular complexity index is 953. The van der Waals surface area contributed by atoms with Crippen LogP contribution in [0.5, 0.6) is 5.75 Å². The summed E-state index contributed by atoms with van der Waals surface area (Å²) in [5, 5.41) is 8.86. The number of aliphatic carboxylic acids is 1. The number of ether oxygens (including phenoxy) is 2. The Morgan fingerprint density at radius 1 is 1.11 bits per heavy atom. The van der Waals surface area contributed by atoms with Crippen LogP contribution in [0.25, 0.3) is 0 Å². The number of hydrogen-bond donors (Lipinski definition) is 1.